The molecule has 0 bridgehead atoms. The van der Waals surface area contributed by atoms with Crippen LogP contribution in [0.1, 0.15) is 18.1 Å². The molecule has 0 saturated carbocycles. The highest BCUT2D eigenvalue weighted by Crippen LogP contribution is 2.24. The summed E-state index contributed by atoms with van der Waals surface area (Å²) in [6.07, 6.45) is -0.759. The van der Waals surface area contributed by atoms with Gasteiger partial charge in [0.1, 0.15) is 0 Å². The molecule has 0 radical (unpaired) electrons. The van der Waals surface area contributed by atoms with E-state index in [4.69, 9.17) is 4.74 Å². The molecule has 5 nitrogen and oxygen atoms in total. The average Bonchev–Trinajstić information content (AvgIpc) is 3.13. The van der Waals surface area contributed by atoms with Gasteiger partial charge in [-0.1, -0.05) is 54.6 Å². The van der Waals surface area contributed by atoms with Crippen LogP contribution in [0.3, 0.4) is 0 Å². The van der Waals surface area contributed by atoms with Crippen molar-refractivity contribution in [2.24, 2.45) is 0 Å². The highest BCUT2D eigenvalue weighted by atomic mass is 32.1. The zero-order valence-corrected chi connectivity index (χ0v) is 16.0. The number of nitrogens with zero attached hydrogens (tertiary/aromatic N) is 1. The first kappa shape index (κ1) is 18.8. The summed E-state index contributed by atoms with van der Waals surface area (Å²) in [7, 11) is 0. The Hall–Kier alpha value is -2.99. The predicted molar refractivity (Wildman–Crippen MR) is 107 cm³/mol. The van der Waals surface area contributed by atoms with E-state index in [9.17, 15) is 9.59 Å². The van der Waals surface area contributed by atoms with E-state index in [1.165, 1.54) is 11.3 Å². The molecule has 1 atom stereocenters. The number of thiazole rings is 1. The minimum Gasteiger partial charge on any atom is -0.452 e. The monoisotopic (exact) mass is 380 g/mol. The van der Waals surface area contributed by atoms with E-state index < -0.39 is 18.0 Å². The second-order valence-corrected chi connectivity index (χ2v) is 6.99. The van der Waals surface area contributed by atoms with Crippen molar-refractivity contribution in [2.75, 3.05) is 5.32 Å². The summed E-state index contributed by atoms with van der Waals surface area (Å²) in [6.45, 7) is 3.49. The molecule has 1 amide bonds. The van der Waals surface area contributed by atoms with Crippen LogP contribution in [-0.2, 0) is 20.7 Å². The molecule has 0 aliphatic heterocycles. The minimum absolute atomic E-state index is 0.139. The van der Waals surface area contributed by atoms with Gasteiger partial charge in [0.25, 0.3) is 5.91 Å². The molecule has 0 saturated heterocycles. The summed E-state index contributed by atoms with van der Waals surface area (Å²) < 4.78 is 5.26. The van der Waals surface area contributed by atoms with Gasteiger partial charge >= 0.3 is 5.97 Å². The number of rotatable bonds is 6. The quantitative estimate of drug-likeness (QED) is 0.650. The van der Waals surface area contributed by atoms with Crippen LogP contribution in [-0.4, -0.2) is 23.0 Å². The number of amides is 1. The van der Waals surface area contributed by atoms with E-state index in [1.54, 1.807) is 6.92 Å². The molecule has 3 rings (SSSR count). The van der Waals surface area contributed by atoms with Crippen LogP contribution in [0, 0.1) is 6.92 Å². The maximum Gasteiger partial charge on any atom is 0.311 e. The molecule has 6 heteroatoms. The van der Waals surface area contributed by atoms with Gasteiger partial charge in [0.2, 0.25) is 0 Å². The van der Waals surface area contributed by atoms with Crippen LogP contribution in [0.25, 0.3) is 11.3 Å². The van der Waals surface area contributed by atoms with Crippen LogP contribution >= 0.6 is 11.3 Å². The number of hydrogen-bond donors (Lipinski definition) is 1. The van der Waals surface area contributed by atoms with Gasteiger partial charge in [-0.05, 0) is 25.0 Å². The molecular weight excluding hydrogens is 360 g/mol. The summed E-state index contributed by atoms with van der Waals surface area (Å²) in [4.78, 5) is 28.8. The number of aromatic nitrogens is 1. The van der Waals surface area contributed by atoms with Crippen molar-refractivity contribution in [1.29, 1.82) is 0 Å². The van der Waals surface area contributed by atoms with Crippen molar-refractivity contribution >= 4 is 28.3 Å². The number of hydrogen-bond acceptors (Lipinski definition) is 5. The summed E-state index contributed by atoms with van der Waals surface area (Å²) in [5, 5.41) is 5.05. The van der Waals surface area contributed by atoms with Crippen molar-refractivity contribution in [3.63, 3.8) is 0 Å². The summed E-state index contributed by atoms with van der Waals surface area (Å²) in [6, 6.07) is 17.3. The summed E-state index contributed by atoms with van der Waals surface area (Å²) in [5.41, 5.74) is 3.68. The molecule has 0 aliphatic rings. The molecule has 1 N–H and O–H groups in total. The maximum atomic E-state index is 12.3. The van der Waals surface area contributed by atoms with E-state index in [0.717, 1.165) is 22.4 Å². The lowest BCUT2D eigenvalue weighted by Gasteiger charge is -2.13. The van der Waals surface area contributed by atoms with Crippen LogP contribution in [0.2, 0.25) is 0 Å². The first-order valence-electron chi connectivity index (χ1n) is 8.58. The lowest BCUT2D eigenvalue weighted by molar-refractivity contribution is -0.152. The van der Waals surface area contributed by atoms with Crippen LogP contribution in [0.4, 0.5) is 5.13 Å². The van der Waals surface area contributed by atoms with E-state index in [1.807, 2.05) is 66.9 Å². The molecular formula is C21H20N2O3S. The standard InChI is InChI=1S/C21H20N2O3S/c1-14-8-6-7-11-17(14)12-19(24)26-15(2)20(25)23-21-22-18(13-27-21)16-9-4-3-5-10-16/h3-11,13,15H,12H2,1-2H3,(H,22,23,25). The van der Waals surface area contributed by atoms with Crippen molar-refractivity contribution < 1.29 is 14.3 Å². The maximum absolute atomic E-state index is 12.3. The molecule has 138 valence electrons. The molecule has 0 spiro atoms. The number of anilines is 1. The van der Waals surface area contributed by atoms with Crippen molar-refractivity contribution in [3.05, 3.63) is 71.1 Å². The van der Waals surface area contributed by atoms with Gasteiger partial charge in [0, 0.05) is 10.9 Å². The largest absolute Gasteiger partial charge is 0.452 e. The van der Waals surface area contributed by atoms with Gasteiger partial charge in [-0.15, -0.1) is 11.3 Å². The highest BCUT2D eigenvalue weighted by molar-refractivity contribution is 7.14. The number of ether oxygens (including phenoxy) is 1. The third-order valence-electron chi connectivity index (χ3n) is 4.08. The molecule has 27 heavy (non-hydrogen) atoms. The Labute approximate surface area is 162 Å². The Kier molecular flexibility index (Phi) is 5.98. The van der Waals surface area contributed by atoms with Gasteiger partial charge in [0.05, 0.1) is 12.1 Å². The SMILES string of the molecule is Cc1ccccc1CC(=O)OC(C)C(=O)Nc1nc(-c2ccccc2)cs1. The van der Waals surface area contributed by atoms with Gasteiger partial charge in [0.15, 0.2) is 11.2 Å². The van der Waals surface area contributed by atoms with Crippen molar-refractivity contribution in [2.45, 2.75) is 26.4 Å². The van der Waals surface area contributed by atoms with E-state index in [-0.39, 0.29) is 6.42 Å². The van der Waals surface area contributed by atoms with Crippen LogP contribution < -0.4 is 5.32 Å². The average molecular weight is 380 g/mol. The van der Waals surface area contributed by atoms with E-state index in [2.05, 4.69) is 10.3 Å². The molecule has 3 aromatic rings. The Morgan fingerprint density at radius 3 is 2.56 bits per heavy atom. The Morgan fingerprint density at radius 1 is 1.11 bits per heavy atom. The van der Waals surface area contributed by atoms with E-state index in [0.29, 0.717) is 5.13 Å². The first-order valence-corrected chi connectivity index (χ1v) is 9.46. The van der Waals surface area contributed by atoms with Gasteiger partial charge in [-0.25, -0.2) is 4.98 Å². The fourth-order valence-electron chi connectivity index (χ4n) is 2.54. The number of esters is 1. The highest BCUT2D eigenvalue weighted by Gasteiger charge is 2.19. The number of benzene rings is 2. The molecule has 0 aliphatic carbocycles. The molecule has 2 aromatic carbocycles. The fraction of sp³-hybridized carbons (Fsp3) is 0.190. The lowest BCUT2D eigenvalue weighted by atomic mass is 10.1. The van der Waals surface area contributed by atoms with Crippen molar-refractivity contribution in [3.8, 4) is 11.3 Å². The second kappa shape index (κ2) is 8.60. The molecule has 1 unspecified atom stereocenters. The fourth-order valence-corrected chi connectivity index (χ4v) is 3.26. The van der Waals surface area contributed by atoms with Gasteiger partial charge in [-0.3, -0.25) is 14.9 Å². The smallest absolute Gasteiger partial charge is 0.311 e. The molecule has 0 fully saturated rings. The lowest BCUT2D eigenvalue weighted by Crippen LogP contribution is -2.30. The van der Waals surface area contributed by atoms with Crippen LogP contribution in [0.5, 0.6) is 0 Å². The Balaban J connectivity index is 1.56. The molecule has 1 aromatic heterocycles. The number of carbonyl (C=O) groups excluding carboxylic acids is 2. The van der Waals surface area contributed by atoms with Gasteiger partial charge in [-0.2, -0.15) is 0 Å². The second-order valence-electron chi connectivity index (χ2n) is 6.13. The number of carbonyl (C=O) groups is 2. The summed E-state index contributed by atoms with van der Waals surface area (Å²) in [5.74, 6) is -0.835. The Bertz CT molecular complexity index is 937. The zero-order valence-electron chi connectivity index (χ0n) is 15.1. The Morgan fingerprint density at radius 2 is 1.81 bits per heavy atom. The molecule has 1 heterocycles. The number of aryl methyl sites for hydroxylation is 1. The summed E-state index contributed by atoms with van der Waals surface area (Å²) >= 11 is 1.33. The first-order chi connectivity index (χ1) is 13.0. The minimum atomic E-state index is -0.898. The normalized spacial score (nSPS) is 11.6. The van der Waals surface area contributed by atoms with Crippen LogP contribution in [0.15, 0.2) is 60.0 Å². The van der Waals surface area contributed by atoms with E-state index >= 15 is 0 Å². The topological polar surface area (TPSA) is 68.3 Å². The number of nitrogens with one attached hydrogen (secondary N) is 1. The third-order valence-corrected chi connectivity index (χ3v) is 4.84. The predicted octanol–water partition coefficient (Wildman–Crippen LogP) is 4.23. The zero-order chi connectivity index (χ0) is 19.2. The third kappa shape index (κ3) is 5.01. The van der Waals surface area contributed by atoms with Crippen molar-refractivity contribution in [1.82, 2.24) is 4.98 Å². The van der Waals surface area contributed by atoms with Gasteiger partial charge < -0.3 is 4.74 Å².